The van der Waals surface area contributed by atoms with Crippen LogP contribution < -0.4 is 20.3 Å². The van der Waals surface area contributed by atoms with E-state index in [9.17, 15) is 24.2 Å². The van der Waals surface area contributed by atoms with Crippen LogP contribution >= 0.6 is 0 Å². The Balaban J connectivity index is 1.49. The van der Waals surface area contributed by atoms with Crippen LogP contribution in [0.5, 0.6) is 5.88 Å². The third kappa shape index (κ3) is 7.44. The predicted molar refractivity (Wildman–Crippen MR) is 185 cm³/mol. The van der Waals surface area contributed by atoms with E-state index in [0.717, 1.165) is 29.8 Å². The first kappa shape index (κ1) is 37.1. The number of pyridine rings is 2. The van der Waals surface area contributed by atoms with Crippen LogP contribution in [0.15, 0.2) is 30.5 Å². The number of amides is 2. The number of nitrogens with one attached hydrogen (secondary N) is 2. The molecule has 1 saturated heterocycles. The van der Waals surface area contributed by atoms with Gasteiger partial charge in [0.15, 0.2) is 8.32 Å². The van der Waals surface area contributed by atoms with Gasteiger partial charge < -0.3 is 34.9 Å². The molecule has 2 aliphatic rings. The highest BCUT2D eigenvalue weighted by Crippen LogP contribution is 2.43. The number of aliphatic hydroxyl groups is 1. The molecule has 50 heavy (non-hydrogen) atoms. The first-order valence-electron chi connectivity index (χ1n) is 16.4. The van der Waals surface area contributed by atoms with E-state index in [-0.39, 0.29) is 34.4 Å². The lowest BCUT2D eigenvalue weighted by Gasteiger charge is -2.48. The van der Waals surface area contributed by atoms with Crippen molar-refractivity contribution in [3.8, 4) is 17.1 Å². The number of anilines is 2. The summed E-state index contributed by atoms with van der Waals surface area (Å²) in [5.74, 6) is -3.92. The van der Waals surface area contributed by atoms with Crippen LogP contribution in [-0.2, 0) is 16.4 Å². The fourth-order valence-corrected chi connectivity index (χ4v) is 7.54. The zero-order chi connectivity index (χ0) is 36.9. The van der Waals surface area contributed by atoms with Gasteiger partial charge in [-0.2, -0.15) is 0 Å². The van der Waals surface area contributed by atoms with Crippen LogP contribution in [0.25, 0.3) is 11.3 Å². The van der Waals surface area contributed by atoms with Crippen molar-refractivity contribution in [1.29, 1.82) is 0 Å². The molecule has 2 aliphatic heterocycles. The Labute approximate surface area is 290 Å². The summed E-state index contributed by atoms with van der Waals surface area (Å²) in [7, 11) is -2.30. The molecule has 3 aromatic rings. The number of benzene rings is 1. The molecule has 0 radical (unpaired) electrons. The molecule has 5 rings (SSSR count). The van der Waals surface area contributed by atoms with E-state index in [1.807, 2.05) is 11.8 Å². The average Bonchev–Trinajstić information content (AvgIpc) is 3.47. The largest absolute Gasteiger partial charge is 0.477 e. The van der Waals surface area contributed by atoms with Crippen LogP contribution in [0.2, 0.25) is 18.1 Å². The van der Waals surface area contributed by atoms with E-state index in [1.165, 1.54) is 20.0 Å². The second kappa shape index (κ2) is 13.5. The maximum absolute atomic E-state index is 15.2. The monoisotopic (exact) mass is 715 g/mol. The summed E-state index contributed by atoms with van der Waals surface area (Å²) in [5.41, 5.74) is -1.87. The molecule has 2 amide bonds. The van der Waals surface area contributed by atoms with Gasteiger partial charge in [0.1, 0.15) is 28.8 Å². The lowest BCUT2D eigenvalue weighted by atomic mass is 9.91. The number of carbonyl (C=O) groups is 2. The van der Waals surface area contributed by atoms with Crippen molar-refractivity contribution in [1.82, 2.24) is 15.3 Å². The molecule has 0 bridgehead atoms. The van der Waals surface area contributed by atoms with E-state index < -0.39 is 66.8 Å². The molecule has 3 atom stereocenters. The minimum Gasteiger partial charge on any atom is -0.477 e. The topological polar surface area (TPSA) is 146 Å². The van der Waals surface area contributed by atoms with Crippen LogP contribution in [0.4, 0.5) is 29.3 Å². The van der Waals surface area contributed by atoms with E-state index >= 15 is 8.78 Å². The van der Waals surface area contributed by atoms with Gasteiger partial charge in [0.25, 0.3) is 5.91 Å². The highest BCUT2D eigenvalue weighted by molar-refractivity contribution is 6.74. The van der Waals surface area contributed by atoms with Crippen molar-refractivity contribution in [3.05, 3.63) is 64.7 Å². The van der Waals surface area contributed by atoms with E-state index in [0.29, 0.717) is 31.1 Å². The Morgan fingerprint density at radius 2 is 1.72 bits per heavy atom. The van der Waals surface area contributed by atoms with E-state index in [4.69, 9.17) is 9.16 Å². The summed E-state index contributed by atoms with van der Waals surface area (Å²) >= 11 is 0. The van der Waals surface area contributed by atoms with Crippen molar-refractivity contribution >= 4 is 31.7 Å². The van der Waals surface area contributed by atoms with Gasteiger partial charge in [-0.05, 0) is 61.8 Å². The number of nitrogens with zero attached hydrogens (tertiary/aromatic N) is 3. The number of halogens is 3. The lowest BCUT2D eigenvalue weighted by Crippen LogP contribution is -2.62. The quantitative estimate of drug-likeness (QED) is 0.193. The molecule has 15 heteroatoms. The number of carboxylic acid groups (broad SMARTS) is 1. The lowest BCUT2D eigenvalue weighted by molar-refractivity contribution is 0.0721. The van der Waals surface area contributed by atoms with Gasteiger partial charge in [0.05, 0.1) is 47.5 Å². The Kier molecular flexibility index (Phi) is 10.00. The average molecular weight is 716 g/mol. The number of rotatable bonds is 8. The third-order valence-corrected chi connectivity index (χ3v) is 14.2. The van der Waals surface area contributed by atoms with Crippen molar-refractivity contribution in [2.24, 2.45) is 5.92 Å². The van der Waals surface area contributed by atoms with Crippen molar-refractivity contribution in [2.45, 2.75) is 83.8 Å². The molecular weight excluding hydrogens is 671 g/mol. The molecule has 0 spiro atoms. The summed E-state index contributed by atoms with van der Waals surface area (Å²) in [6.45, 7) is 16.3. The Morgan fingerprint density at radius 1 is 1.06 bits per heavy atom. The summed E-state index contributed by atoms with van der Waals surface area (Å²) < 4.78 is 57.8. The fourth-order valence-electron chi connectivity index (χ4n) is 6.11. The zero-order valence-electron chi connectivity index (χ0n) is 29.5. The molecule has 1 aromatic carbocycles. The van der Waals surface area contributed by atoms with Gasteiger partial charge in [0, 0.05) is 31.0 Å². The number of hydrogen-bond acceptors (Lipinski definition) is 8. The van der Waals surface area contributed by atoms with Crippen LogP contribution in [-0.4, -0.2) is 72.3 Å². The predicted octanol–water partition coefficient (Wildman–Crippen LogP) is 6.46. The van der Waals surface area contributed by atoms with Gasteiger partial charge in [-0.3, -0.25) is 4.79 Å². The minimum atomic E-state index is -2.30. The summed E-state index contributed by atoms with van der Waals surface area (Å²) in [5, 5.41) is 25.3. The zero-order valence-corrected chi connectivity index (χ0v) is 30.5. The number of ether oxygens (including phenoxy) is 1. The number of hydrogen-bond donors (Lipinski definition) is 4. The van der Waals surface area contributed by atoms with Crippen molar-refractivity contribution in [3.63, 3.8) is 0 Å². The van der Waals surface area contributed by atoms with Crippen molar-refractivity contribution in [2.75, 3.05) is 29.9 Å². The third-order valence-electron chi connectivity index (χ3n) is 9.76. The smallest absolute Gasteiger partial charge is 0.405 e. The minimum absolute atomic E-state index is 0.0585. The normalized spacial score (nSPS) is 19.5. The molecular formula is C35H44F3N5O6Si. The van der Waals surface area contributed by atoms with E-state index in [1.54, 1.807) is 0 Å². The molecule has 4 heterocycles. The molecule has 1 fully saturated rings. The number of piperidine rings is 1. The molecule has 270 valence electrons. The second-order valence-corrected chi connectivity index (χ2v) is 19.8. The summed E-state index contributed by atoms with van der Waals surface area (Å²) in [6, 6.07) is 3.16. The maximum atomic E-state index is 15.2. The summed E-state index contributed by atoms with van der Waals surface area (Å²) in [4.78, 5) is 36.0. The highest BCUT2D eigenvalue weighted by Gasteiger charge is 2.45. The van der Waals surface area contributed by atoms with Gasteiger partial charge in [0.2, 0.25) is 5.88 Å². The molecule has 0 aliphatic carbocycles. The van der Waals surface area contributed by atoms with Gasteiger partial charge >= 0.3 is 6.09 Å². The number of fused-ring (bicyclic) bond motifs is 1. The van der Waals surface area contributed by atoms with Crippen molar-refractivity contribution < 1.29 is 42.1 Å². The maximum Gasteiger partial charge on any atom is 0.405 e. The SMILES string of the molecule is C[C@H]1CN(c2c(NC(=O)c3ccc(F)c(-c4c(F)cc(C(C)(C)O)cc4F)n3)cnc3c2CCO3)C[C@@H](NC(=O)O)[C@@H]1O[Si](C)(C)C(C)(C)C. The molecule has 4 N–H and O–H groups in total. The van der Waals surface area contributed by atoms with Crippen LogP contribution in [0.1, 0.15) is 63.2 Å². The molecule has 11 nitrogen and oxygen atoms in total. The first-order valence-corrected chi connectivity index (χ1v) is 19.4. The van der Waals surface area contributed by atoms with Gasteiger partial charge in [-0.25, -0.2) is 27.9 Å². The van der Waals surface area contributed by atoms with E-state index in [2.05, 4.69) is 54.5 Å². The van der Waals surface area contributed by atoms with Crippen LogP contribution in [0.3, 0.4) is 0 Å². The Morgan fingerprint density at radius 3 is 2.32 bits per heavy atom. The number of carbonyl (C=O) groups excluding carboxylic acids is 1. The molecule has 2 aromatic heterocycles. The molecule has 0 saturated carbocycles. The fraction of sp³-hybridized carbons (Fsp3) is 0.486. The number of aromatic nitrogens is 2. The first-order chi connectivity index (χ1) is 23.2. The Bertz CT molecular complexity index is 1790. The summed E-state index contributed by atoms with van der Waals surface area (Å²) in [6.07, 6.45) is 0.294. The standard InChI is InChI=1S/C35H44F3N5O6Si/c1-18-16-43(17-26(42-33(45)46)30(18)49-50(7,8)34(2,3)4)29-20-11-12-48-32(20)39-15-25(29)41-31(44)24-10-9-21(36)28(40-24)27-22(37)13-19(14-23(27)38)35(5,6)47/h9-10,13-15,18,26,30,42,47H,11-12,16-17H2,1-8H3,(H,41,44)(H,45,46)/t18-,26+,30+/m0/s1. The van der Waals surface area contributed by atoms with Gasteiger partial charge in [-0.1, -0.05) is 27.7 Å². The van der Waals surface area contributed by atoms with Crippen LogP contribution in [0, 0.1) is 23.4 Å². The van der Waals surface area contributed by atoms with Gasteiger partial charge in [-0.15, -0.1) is 0 Å². The molecule has 0 unspecified atom stereocenters. The Hall–Kier alpha value is -4.21. The highest BCUT2D eigenvalue weighted by atomic mass is 28.4. The second-order valence-electron chi connectivity index (χ2n) is 15.0.